The van der Waals surface area contributed by atoms with Crippen LogP contribution in [0.1, 0.15) is 54.1 Å². The maximum atomic E-state index is 13.7. The Morgan fingerprint density at radius 1 is 0.917 bits per heavy atom. The van der Waals surface area contributed by atoms with Crippen molar-refractivity contribution in [1.29, 1.82) is 0 Å². The zero-order valence-corrected chi connectivity index (χ0v) is 20.7. The SMILES string of the molecule is COc1ccc(CNC(=O)c2ccc3c(c2)c(=O)n(-c2ccccc2)n3C2CCCCC2)cc1OC. The molecule has 7 heteroatoms. The average Bonchev–Trinajstić information content (AvgIpc) is 3.24. The van der Waals surface area contributed by atoms with Gasteiger partial charge in [-0.2, -0.15) is 0 Å². The Morgan fingerprint density at radius 2 is 1.67 bits per heavy atom. The van der Waals surface area contributed by atoms with Gasteiger partial charge in [-0.1, -0.05) is 43.5 Å². The zero-order chi connectivity index (χ0) is 25.1. The third kappa shape index (κ3) is 4.49. The molecule has 7 nitrogen and oxygen atoms in total. The van der Waals surface area contributed by atoms with Gasteiger partial charge in [0.1, 0.15) is 0 Å². The van der Waals surface area contributed by atoms with E-state index in [1.165, 1.54) is 6.42 Å². The number of amides is 1. The van der Waals surface area contributed by atoms with Crippen molar-refractivity contribution in [2.75, 3.05) is 14.2 Å². The number of nitrogens with one attached hydrogen (secondary N) is 1. The van der Waals surface area contributed by atoms with E-state index in [9.17, 15) is 9.59 Å². The molecule has 0 bridgehead atoms. The molecule has 1 saturated carbocycles. The molecule has 0 spiro atoms. The highest BCUT2D eigenvalue weighted by Gasteiger charge is 2.24. The van der Waals surface area contributed by atoms with Gasteiger partial charge in [0.15, 0.2) is 11.5 Å². The van der Waals surface area contributed by atoms with Crippen molar-refractivity contribution in [3.8, 4) is 17.2 Å². The smallest absolute Gasteiger partial charge is 0.279 e. The summed E-state index contributed by atoms with van der Waals surface area (Å²) in [5.41, 5.74) is 2.95. The van der Waals surface area contributed by atoms with Crippen LogP contribution in [0.5, 0.6) is 11.5 Å². The molecule has 1 aromatic heterocycles. The molecule has 1 amide bonds. The summed E-state index contributed by atoms with van der Waals surface area (Å²) in [6.45, 7) is 0.328. The number of hydrogen-bond acceptors (Lipinski definition) is 4. The lowest BCUT2D eigenvalue weighted by Crippen LogP contribution is -2.25. The Hall–Kier alpha value is -4.00. The van der Waals surface area contributed by atoms with Crippen molar-refractivity contribution in [2.45, 2.75) is 44.7 Å². The third-order valence-electron chi connectivity index (χ3n) is 6.97. The van der Waals surface area contributed by atoms with Crippen molar-refractivity contribution in [3.63, 3.8) is 0 Å². The van der Waals surface area contributed by atoms with Gasteiger partial charge in [0.2, 0.25) is 0 Å². The van der Waals surface area contributed by atoms with E-state index in [-0.39, 0.29) is 17.5 Å². The Bertz CT molecular complexity index is 1430. The molecular weight excluding hydrogens is 454 g/mol. The van der Waals surface area contributed by atoms with Gasteiger partial charge in [-0.25, -0.2) is 4.68 Å². The minimum Gasteiger partial charge on any atom is -0.493 e. The molecule has 1 aliphatic rings. The zero-order valence-electron chi connectivity index (χ0n) is 20.7. The number of rotatable bonds is 7. The second kappa shape index (κ2) is 10.3. The Morgan fingerprint density at radius 3 is 2.39 bits per heavy atom. The molecule has 0 saturated heterocycles. The summed E-state index contributed by atoms with van der Waals surface area (Å²) in [6.07, 6.45) is 5.64. The molecule has 0 atom stereocenters. The number of ether oxygens (including phenoxy) is 2. The number of para-hydroxylation sites is 1. The monoisotopic (exact) mass is 485 g/mol. The van der Waals surface area contributed by atoms with E-state index in [1.807, 2.05) is 54.6 Å². The first-order valence-corrected chi connectivity index (χ1v) is 12.4. The first kappa shape index (κ1) is 23.7. The maximum absolute atomic E-state index is 13.7. The van der Waals surface area contributed by atoms with E-state index in [1.54, 1.807) is 31.0 Å². The van der Waals surface area contributed by atoms with Crippen LogP contribution in [-0.4, -0.2) is 29.5 Å². The highest BCUT2D eigenvalue weighted by Crippen LogP contribution is 2.32. The van der Waals surface area contributed by atoms with Crippen molar-refractivity contribution in [3.05, 3.63) is 88.2 Å². The van der Waals surface area contributed by atoms with E-state index in [4.69, 9.17) is 9.47 Å². The summed E-state index contributed by atoms with van der Waals surface area (Å²) in [4.78, 5) is 26.7. The lowest BCUT2D eigenvalue weighted by Gasteiger charge is -2.26. The van der Waals surface area contributed by atoms with Crippen LogP contribution in [0, 0.1) is 0 Å². The van der Waals surface area contributed by atoms with Gasteiger partial charge in [0, 0.05) is 12.1 Å². The van der Waals surface area contributed by atoms with Crippen molar-refractivity contribution >= 4 is 16.8 Å². The van der Waals surface area contributed by atoms with Gasteiger partial charge in [0.25, 0.3) is 11.5 Å². The van der Waals surface area contributed by atoms with Crippen LogP contribution in [-0.2, 0) is 6.54 Å². The summed E-state index contributed by atoms with van der Waals surface area (Å²) < 4.78 is 14.6. The minimum atomic E-state index is -0.234. The van der Waals surface area contributed by atoms with Crippen molar-refractivity contribution < 1.29 is 14.3 Å². The summed E-state index contributed by atoms with van der Waals surface area (Å²) in [7, 11) is 3.17. The molecule has 3 aromatic carbocycles. The quantitative estimate of drug-likeness (QED) is 0.388. The third-order valence-corrected chi connectivity index (χ3v) is 6.97. The van der Waals surface area contributed by atoms with E-state index in [0.717, 1.165) is 42.5 Å². The fraction of sp³-hybridized carbons (Fsp3) is 0.310. The molecular formula is C29H31N3O4. The van der Waals surface area contributed by atoms with Gasteiger partial charge >= 0.3 is 0 Å². The van der Waals surface area contributed by atoms with Crippen LogP contribution < -0.4 is 20.3 Å². The predicted octanol–water partition coefficient (Wildman–Crippen LogP) is 5.24. The Balaban J connectivity index is 1.47. The van der Waals surface area contributed by atoms with Gasteiger partial charge in [-0.3, -0.25) is 14.3 Å². The van der Waals surface area contributed by atoms with Crippen LogP contribution in [0.25, 0.3) is 16.6 Å². The van der Waals surface area contributed by atoms with Crippen LogP contribution >= 0.6 is 0 Å². The highest BCUT2D eigenvalue weighted by atomic mass is 16.5. The number of nitrogens with zero attached hydrogens (tertiary/aromatic N) is 2. The molecule has 36 heavy (non-hydrogen) atoms. The van der Waals surface area contributed by atoms with Gasteiger partial charge in [-0.05, 0) is 60.9 Å². The first-order valence-electron chi connectivity index (χ1n) is 12.4. The molecule has 1 aliphatic carbocycles. The van der Waals surface area contributed by atoms with Crippen molar-refractivity contribution in [2.24, 2.45) is 0 Å². The Kier molecular flexibility index (Phi) is 6.80. The summed E-state index contributed by atoms with van der Waals surface area (Å²) in [5, 5.41) is 3.51. The fourth-order valence-electron chi connectivity index (χ4n) is 5.14. The average molecular weight is 486 g/mol. The normalized spacial score (nSPS) is 14.1. The molecule has 5 rings (SSSR count). The number of carbonyl (C=O) groups excluding carboxylic acids is 1. The molecule has 0 aliphatic heterocycles. The summed E-state index contributed by atoms with van der Waals surface area (Å²) in [6, 6.07) is 21.0. The number of hydrogen-bond donors (Lipinski definition) is 1. The topological polar surface area (TPSA) is 74.5 Å². The minimum absolute atomic E-state index is 0.101. The number of methoxy groups -OCH3 is 2. The standard InChI is InChI=1S/C29H31N3O4/c1-35-26-16-13-20(17-27(26)36-2)19-30-28(33)21-14-15-25-24(18-21)29(34)32(23-11-7-4-8-12-23)31(25)22-9-5-3-6-10-22/h4,7-8,11-18,22H,3,5-6,9-10,19H2,1-2H3,(H,30,33). The second-order valence-corrected chi connectivity index (χ2v) is 9.19. The molecule has 1 fully saturated rings. The molecule has 4 aromatic rings. The Labute approximate surface area is 210 Å². The maximum Gasteiger partial charge on any atom is 0.279 e. The van der Waals surface area contributed by atoms with Crippen LogP contribution in [0.2, 0.25) is 0 Å². The van der Waals surface area contributed by atoms with Gasteiger partial charge < -0.3 is 14.8 Å². The first-order chi connectivity index (χ1) is 17.6. The fourth-order valence-corrected chi connectivity index (χ4v) is 5.14. The van der Waals surface area contributed by atoms with E-state index < -0.39 is 0 Å². The largest absolute Gasteiger partial charge is 0.493 e. The van der Waals surface area contributed by atoms with E-state index in [2.05, 4.69) is 10.00 Å². The molecule has 186 valence electrons. The number of fused-ring (bicyclic) bond motifs is 1. The summed E-state index contributed by atoms with van der Waals surface area (Å²) >= 11 is 0. The van der Waals surface area contributed by atoms with E-state index in [0.29, 0.717) is 29.0 Å². The lowest BCUT2D eigenvalue weighted by molar-refractivity contribution is 0.0951. The predicted molar refractivity (Wildman–Crippen MR) is 140 cm³/mol. The lowest BCUT2D eigenvalue weighted by atomic mass is 9.95. The van der Waals surface area contributed by atoms with Gasteiger partial charge in [-0.15, -0.1) is 0 Å². The number of benzene rings is 3. The second-order valence-electron chi connectivity index (χ2n) is 9.19. The molecule has 0 unspecified atom stereocenters. The number of aromatic nitrogens is 2. The van der Waals surface area contributed by atoms with Gasteiger partial charge in [0.05, 0.1) is 36.9 Å². The van der Waals surface area contributed by atoms with Crippen LogP contribution in [0.3, 0.4) is 0 Å². The summed E-state index contributed by atoms with van der Waals surface area (Å²) in [5.74, 6) is 1.01. The van der Waals surface area contributed by atoms with Crippen molar-refractivity contribution in [1.82, 2.24) is 14.7 Å². The van der Waals surface area contributed by atoms with E-state index >= 15 is 0 Å². The highest BCUT2D eigenvalue weighted by molar-refractivity contribution is 5.98. The number of carbonyl (C=O) groups is 1. The molecule has 1 N–H and O–H groups in total. The molecule has 0 radical (unpaired) electrons. The van der Waals surface area contributed by atoms with Crippen LogP contribution in [0.4, 0.5) is 0 Å². The van der Waals surface area contributed by atoms with Crippen LogP contribution in [0.15, 0.2) is 71.5 Å². The molecule has 1 heterocycles.